The van der Waals surface area contributed by atoms with E-state index in [9.17, 15) is 112 Å². The molecule has 0 radical (unpaired) electrons. The third-order valence-corrected chi connectivity index (χ3v) is 51.1. The lowest BCUT2D eigenvalue weighted by Crippen LogP contribution is -2.56. The molecule has 0 aromatic rings. The maximum absolute atomic E-state index is 13.0. The van der Waals surface area contributed by atoms with Crippen LogP contribution in [0.1, 0.15) is 115 Å². The molecule has 49 atom stereocenters. The number of sulfone groups is 1. The summed E-state index contributed by atoms with van der Waals surface area (Å²) in [6.07, 6.45) is -18.3. The number of halogens is 6. The topological polar surface area (TPSA) is 555 Å². The van der Waals surface area contributed by atoms with Crippen molar-refractivity contribution in [1.29, 1.82) is 10.5 Å². The van der Waals surface area contributed by atoms with Gasteiger partial charge in [0.1, 0.15) is 135 Å². The minimum absolute atomic E-state index is 0.0000520. The monoisotopic (exact) mass is 2040 g/mol. The molecular weight excluding hydrogens is 1940 g/mol. The van der Waals surface area contributed by atoms with Crippen LogP contribution in [0.3, 0.4) is 0 Å². The molecule has 27 rings (SSSR count). The molecule has 130 heavy (non-hydrogen) atoms. The molecule has 0 N–H and O–H groups in total. The Hall–Kier alpha value is -3.59. The van der Waals surface area contributed by atoms with E-state index in [-0.39, 0.29) is 126 Å². The average Bonchev–Trinajstić information content (AvgIpc) is 1.50. The zero-order chi connectivity index (χ0) is 94.7. The molecule has 0 amide bonds. The molecule has 25 aliphatic heterocycles. The molecule has 27 aliphatic rings. The van der Waals surface area contributed by atoms with E-state index >= 15 is 0 Å². The Morgan fingerprint density at radius 3 is 1.32 bits per heavy atom. The van der Waals surface area contributed by atoms with Crippen LogP contribution < -0.4 is 0 Å². The second-order valence-corrected chi connectivity index (χ2v) is 56.6. The van der Waals surface area contributed by atoms with Gasteiger partial charge >= 0.3 is 24.3 Å². The van der Waals surface area contributed by atoms with Crippen molar-refractivity contribution in [3.05, 3.63) is 0 Å². The van der Waals surface area contributed by atoms with Crippen molar-refractivity contribution in [2.24, 2.45) is 94.7 Å². The Bertz CT molecular complexity index is 5940. The zero-order valence-corrected chi connectivity index (χ0v) is 78.6. The van der Waals surface area contributed by atoms with Crippen LogP contribution in [0.5, 0.6) is 0 Å². The fourth-order valence-electron chi connectivity index (χ4n) is 27.0. The SMILES string of the molecule is CC1C2CC3(C#N)C(O2)C1OS3(=O)=O.CC1C2CC3(C(F)(F)F)C(O2)C1OS3(=O)=O.CC1C2CC3(C)C(O2)C1OS3(=O)=O.CC1C2CC3C1CS(=O)(=O)C3C2.CC1C2OC3C1OS(=O)(=O)C3C2C.CC1C2OC3C1OS(=O)(=O)C3C2C#N.CC1C2OS(=O)(=O)C3C2OC1C3C(F)(F)F.COC(=O)C12CC3OC1C(OS2(=O)=O)C3C.COC(=O)C1C2OC3C(OS(=O)(=O)C31)C2C. The summed E-state index contributed by atoms with van der Waals surface area (Å²) < 4.78 is 372. The van der Waals surface area contributed by atoms with Crippen molar-refractivity contribution in [3.8, 4) is 12.1 Å². The maximum Gasteiger partial charge on any atom is 0.413 e. The number of ether oxygens (including phenoxy) is 10. The maximum atomic E-state index is 13.0. The molecule has 2 saturated carbocycles. The molecule has 18 bridgehead atoms. The quantitative estimate of drug-likeness (QED) is 0.212. The van der Waals surface area contributed by atoms with E-state index in [4.69, 9.17) is 77.7 Å². The first-order chi connectivity index (χ1) is 60.0. The first-order valence-corrected chi connectivity index (χ1v) is 56.2. The molecule has 25 heterocycles. The summed E-state index contributed by atoms with van der Waals surface area (Å²) in [5, 5.41) is 14.4. The van der Waals surface area contributed by atoms with E-state index in [0.29, 0.717) is 29.9 Å². The Kier molecular flexibility index (Phi) is 22.0. The number of nitrogens with zero attached hydrogens (tertiary/aromatic N) is 2. The number of fused-ring (bicyclic) bond motifs is 9. The van der Waals surface area contributed by atoms with Crippen LogP contribution in [-0.2, 0) is 181 Å². The van der Waals surface area contributed by atoms with Crippen LogP contribution in [0.2, 0.25) is 0 Å². The van der Waals surface area contributed by atoms with Crippen molar-refractivity contribution < 1.29 is 193 Å². The van der Waals surface area contributed by atoms with Crippen LogP contribution in [0.4, 0.5) is 26.3 Å². The fourth-order valence-corrected chi connectivity index (χ4v) is 44.4. The van der Waals surface area contributed by atoms with E-state index in [2.05, 4.69) is 20.6 Å². The Morgan fingerprint density at radius 1 is 0.385 bits per heavy atom. The van der Waals surface area contributed by atoms with Crippen molar-refractivity contribution >= 4 is 103 Å². The molecular formula is C75H98F6N2O38S9. The van der Waals surface area contributed by atoms with Crippen molar-refractivity contribution in [3.63, 3.8) is 0 Å². The Balaban J connectivity index is 0.0000000949. The van der Waals surface area contributed by atoms with Crippen LogP contribution in [-0.4, -0.2) is 312 Å². The summed E-state index contributed by atoms with van der Waals surface area (Å²) >= 11 is 0. The van der Waals surface area contributed by atoms with Crippen LogP contribution in [0, 0.1) is 117 Å². The van der Waals surface area contributed by atoms with Crippen molar-refractivity contribution in [1.82, 2.24) is 0 Å². The van der Waals surface area contributed by atoms with E-state index in [0.717, 1.165) is 12.3 Å². The molecule has 25 saturated heterocycles. The summed E-state index contributed by atoms with van der Waals surface area (Å²) in [4.78, 5) is 23.3. The van der Waals surface area contributed by atoms with Gasteiger partial charge in [-0.2, -0.15) is 104 Å². The number of carbonyl (C=O) groups excluding carboxylic acids is 2. The number of nitriles is 2. The lowest BCUT2D eigenvalue weighted by atomic mass is 9.80. The van der Waals surface area contributed by atoms with Gasteiger partial charge in [-0.25, -0.2) is 8.42 Å². The molecule has 55 heteroatoms. The predicted molar refractivity (Wildman–Crippen MR) is 417 cm³/mol. The summed E-state index contributed by atoms with van der Waals surface area (Å²) in [6, 6.07) is 3.90. The largest absolute Gasteiger partial charge is 0.469 e. The highest BCUT2D eigenvalue weighted by Gasteiger charge is 2.85. The number of hydrogen-bond donors (Lipinski definition) is 0. The molecule has 2 aliphatic carbocycles. The molecule has 732 valence electrons. The number of rotatable bonds is 2. The minimum atomic E-state index is -4.85. The van der Waals surface area contributed by atoms with Gasteiger partial charge in [0.25, 0.3) is 80.9 Å². The summed E-state index contributed by atoms with van der Waals surface area (Å²) in [7, 11) is -30.7. The van der Waals surface area contributed by atoms with E-state index < -0.39 is 271 Å². The van der Waals surface area contributed by atoms with E-state index in [1.807, 2.05) is 60.6 Å². The van der Waals surface area contributed by atoms with Gasteiger partial charge in [-0.05, 0) is 49.9 Å². The Morgan fingerprint density at radius 2 is 0.815 bits per heavy atom. The highest BCUT2D eigenvalue weighted by molar-refractivity contribution is 7.92. The zero-order valence-electron chi connectivity index (χ0n) is 71.3. The molecule has 49 unspecified atom stereocenters. The van der Waals surface area contributed by atoms with Crippen molar-refractivity contribution in [2.75, 3.05) is 20.0 Å². The predicted octanol–water partition coefficient (Wildman–Crippen LogP) is 1.14. The number of hydrogen-bond acceptors (Lipinski definition) is 40. The smallest absolute Gasteiger partial charge is 0.413 e. The number of esters is 2. The highest BCUT2D eigenvalue weighted by atomic mass is 32.3. The number of methoxy groups -OCH3 is 2. The van der Waals surface area contributed by atoms with Crippen LogP contribution in [0.25, 0.3) is 0 Å². The highest BCUT2D eigenvalue weighted by Crippen LogP contribution is 2.66. The van der Waals surface area contributed by atoms with Crippen molar-refractivity contribution in [2.45, 2.75) is 319 Å². The lowest BCUT2D eigenvalue weighted by molar-refractivity contribution is -0.189. The van der Waals surface area contributed by atoms with E-state index in [1.165, 1.54) is 27.6 Å². The fraction of sp³-hybridized carbons (Fsp3) is 0.947. The number of alkyl halides is 6. The van der Waals surface area contributed by atoms with Gasteiger partial charge in [-0.15, -0.1) is 0 Å². The normalized spacial score (nSPS) is 56.1. The third kappa shape index (κ3) is 12.8. The van der Waals surface area contributed by atoms with Gasteiger partial charge < -0.3 is 47.4 Å². The van der Waals surface area contributed by atoms with Crippen LogP contribution >= 0.6 is 0 Å². The summed E-state index contributed by atoms with van der Waals surface area (Å²) in [6.45, 7) is 20.6. The summed E-state index contributed by atoms with van der Waals surface area (Å²) in [5.74, 6) is -1.90. The molecule has 0 aromatic carbocycles. The molecule has 0 aromatic heterocycles. The standard InChI is InChI=1S/2C9H12O6S.C9H14O2S.2C8H9F3O4S.2C8H9NO4S.2C8H12O4S/c1-4-5-3-9(8(10)13-2)7(14-5)6(4)15-16(9,11)12;1-3-5-4(9(10)13-2)8-7(14-5)6(3)15-16(8,11)12;1-5-6-2-7-8(5)4-12(10,11)9(7)3-6;1-3-4-2-7(8(9,10)11)6(14-4)5(3)15-16(7,12)13;1-2-4-3(8(9,10)11)7-6(14-4)5(2)15-16(7,12)13;1-4-5-2-8(3-9)7(12-5)6(4)13-14(8,10)11;1-3-5-4(2-9)8-7(12-5)6(3)13-14(8,10)11;1-4-5-3-8(2)7(11-5)6(4)12-13(8,9)10;1-3-5-4(2)8-7(11-5)6(3)12-13(8,9)10/h4-7H,3H2,1-2H3;3-8H,1-2H3;5-9H,2-4H2,1H3;3-6H,2H2,1H3;2-7H,1H3;4-7H,2H2,1H3;3-8H,1H3;4-7H,3H2,1-2H3;3-8H,1-2H3. The molecule has 40 nitrogen and oxygen atoms in total. The second kappa shape index (κ2) is 30.0. The van der Waals surface area contributed by atoms with E-state index in [1.54, 1.807) is 13.8 Å². The Labute approximate surface area is 746 Å². The minimum Gasteiger partial charge on any atom is -0.469 e. The first-order valence-electron chi connectivity index (χ1n) is 43.0. The van der Waals surface area contributed by atoms with Gasteiger partial charge in [-0.3, -0.25) is 43.1 Å². The van der Waals surface area contributed by atoms with Gasteiger partial charge in [0.2, 0.25) is 14.2 Å². The van der Waals surface area contributed by atoms with Crippen LogP contribution in [0.15, 0.2) is 0 Å². The van der Waals surface area contributed by atoms with Gasteiger partial charge in [0, 0.05) is 72.5 Å². The number of carbonyl (C=O) groups is 2. The second-order valence-electron chi connectivity index (χ2n) is 40.0. The first kappa shape index (κ1) is 95.3. The van der Waals surface area contributed by atoms with Gasteiger partial charge in [0.15, 0.2) is 9.84 Å². The molecule has 27 fully saturated rings. The molecule has 0 spiro atoms. The average molecular weight is 2040 g/mol. The van der Waals surface area contributed by atoms with Gasteiger partial charge in [0.05, 0.1) is 92.1 Å². The third-order valence-electron chi connectivity index (χ3n) is 34.0. The summed E-state index contributed by atoms with van der Waals surface area (Å²) in [5.41, 5.74) is 0. The van der Waals surface area contributed by atoms with Gasteiger partial charge in [-0.1, -0.05) is 69.2 Å². The lowest BCUT2D eigenvalue weighted by Gasteiger charge is -2.29.